The summed E-state index contributed by atoms with van der Waals surface area (Å²) in [6.07, 6.45) is 1.33. The van der Waals surface area contributed by atoms with Gasteiger partial charge in [0.2, 0.25) is 5.13 Å². The molecule has 0 bridgehead atoms. The van der Waals surface area contributed by atoms with Crippen molar-refractivity contribution in [3.05, 3.63) is 50.9 Å². The fourth-order valence-corrected chi connectivity index (χ4v) is 2.67. The Morgan fingerprint density at radius 1 is 1.22 bits per heavy atom. The lowest BCUT2D eigenvalue weighted by atomic mass is 10.3. The van der Waals surface area contributed by atoms with Crippen LogP contribution in [0, 0.1) is 0 Å². The van der Waals surface area contributed by atoms with Crippen LogP contribution < -0.4 is 5.56 Å². The maximum atomic E-state index is 11.9. The summed E-state index contributed by atoms with van der Waals surface area (Å²) < 4.78 is 2.13. The zero-order valence-electron chi connectivity index (χ0n) is 8.80. The highest BCUT2D eigenvalue weighted by molar-refractivity contribution is 7.20. The summed E-state index contributed by atoms with van der Waals surface area (Å²) in [5.74, 6) is 0. The Morgan fingerprint density at radius 2 is 2.00 bits per heavy atom. The normalized spacial score (nSPS) is 11.0. The first-order chi connectivity index (χ1) is 8.66. The average molecular weight is 298 g/mol. The molecule has 90 valence electrons. The van der Waals surface area contributed by atoms with Crippen molar-refractivity contribution in [2.24, 2.45) is 0 Å². The number of benzene rings is 1. The second kappa shape index (κ2) is 4.35. The van der Waals surface area contributed by atoms with Crippen LogP contribution in [0.2, 0.25) is 10.0 Å². The van der Waals surface area contributed by atoms with Crippen molar-refractivity contribution in [1.82, 2.24) is 14.8 Å². The van der Waals surface area contributed by atoms with Gasteiger partial charge in [0, 0.05) is 0 Å². The van der Waals surface area contributed by atoms with Crippen molar-refractivity contribution in [3.8, 4) is 5.13 Å². The van der Waals surface area contributed by atoms with Crippen LogP contribution in [0.4, 0.5) is 0 Å². The third kappa shape index (κ3) is 1.80. The van der Waals surface area contributed by atoms with Crippen LogP contribution in [0.5, 0.6) is 0 Å². The number of aromatic nitrogens is 3. The molecule has 18 heavy (non-hydrogen) atoms. The van der Waals surface area contributed by atoms with Crippen LogP contribution in [-0.4, -0.2) is 14.8 Å². The number of thiazole rings is 1. The quantitative estimate of drug-likeness (QED) is 0.693. The van der Waals surface area contributed by atoms with Gasteiger partial charge in [-0.25, -0.2) is 4.98 Å². The van der Waals surface area contributed by atoms with E-state index in [9.17, 15) is 4.79 Å². The van der Waals surface area contributed by atoms with E-state index in [1.165, 1.54) is 17.5 Å². The first-order valence-corrected chi connectivity index (χ1v) is 6.53. The monoisotopic (exact) mass is 297 g/mol. The van der Waals surface area contributed by atoms with E-state index >= 15 is 0 Å². The first kappa shape index (κ1) is 11.6. The molecule has 0 aliphatic rings. The molecule has 0 N–H and O–H groups in total. The van der Waals surface area contributed by atoms with E-state index in [-0.39, 0.29) is 10.0 Å². The lowest BCUT2D eigenvalue weighted by Crippen LogP contribution is -2.21. The molecule has 3 aromatic rings. The Hall–Kier alpha value is -1.43. The van der Waals surface area contributed by atoms with Crippen LogP contribution in [-0.2, 0) is 0 Å². The molecule has 1 aromatic carbocycles. The smallest absolute Gasteiger partial charge is 0.266 e. The minimum Gasteiger partial charge on any atom is -0.266 e. The van der Waals surface area contributed by atoms with E-state index in [0.29, 0.717) is 5.13 Å². The minimum absolute atomic E-state index is 0.0501. The van der Waals surface area contributed by atoms with Gasteiger partial charge in [-0.1, -0.05) is 46.7 Å². The van der Waals surface area contributed by atoms with E-state index < -0.39 is 5.56 Å². The fraction of sp³-hybridized carbons (Fsp3) is 0. The number of nitrogens with zero attached hydrogens (tertiary/aromatic N) is 3. The zero-order valence-corrected chi connectivity index (χ0v) is 11.1. The molecule has 0 amide bonds. The SMILES string of the molecule is O=c1c(Cl)c(Cl)cnn1-c1nc2ccccc2s1. The molecular weight excluding hydrogens is 293 g/mol. The van der Waals surface area contributed by atoms with E-state index in [2.05, 4.69) is 10.1 Å². The van der Waals surface area contributed by atoms with Crippen molar-refractivity contribution in [2.75, 3.05) is 0 Å². The first-order valence-electron chi connectivity index (χ1n) is 4.96. The summed E-state index contributed by atoms with van der Waals surface area (Å²) in [7, 11) is 0. The summed E-state index contributed by atoms with van der Waals surface area (Å²) in [5, 5.41) is 4.50. The van der Waals surface area contributed by atoms with Crippen molar-refractivity contribution in [2.45, 2.75) is 0 Å². The topological polar surface area (TPSA) is 47.8 Å². The highest BCUT2D eigenvalue weighted by Gasteiger charge is 2.12. The maximum absolute atomic E-state index is 11.9. The highest BCUT2D eigenvalue weighted by atomic mass is 35.5. The van der Waals surface area contributed by atoms with Gasteiger partial charge in [0.25, 0.3) is 5.56 Å². The largest absolute Gasteiger partial charge is 0.293 e. The maximum Gasteiger partial charge on any atom is 0.293 e. The van der Waals surface area contributed by atoms with Gasteiger partial charge in [-0.15, -0.1) is 0 Å². The molecule has 3 rings (SSSR count). The minimum atomic E-state index is -0.469. The molecule has 0 aliphatic carbocycles. The van der Waals surface area contributed by atoms with E-state index in [1.807, 2.05) is 24.3 Å². The molecule has 0 unspecified atom stereocenters. The van der Waals surface area contributed by atoms with Gasteiger partial charge in [0.1, 0.15) is 5.02 Å². The van der Waals surface area contributed by atoms with Gasteiger partial charge in [-0.05, 0) is 12.1 Å². The Labute approximate surface area is 115 Å². The fourth-order valence-electron chi connectivity index (χ4n) is 1.50. The molecule has 0 atom stereocenters. The van der Waals surface area contributed by atoms with Gasteiger partial charge in [-0.3, -0.25) is 4.79 Å². The van der Waals surface area contributed by atoms with E-state index in [0.717, 1.165) is 14.9 Å². The molecule has 0 saturated carbocycles. The second-order valence-electron chi connectivity index (χ2n) is 3.49. The van der Waals surface area contributed by atoms with Crippen molar-refractivity contribution in [3.63, 3.8) is 0 Å². The Bertz CT molecular complexity index is 763. The third-order valence-corrected chi connectivity index (χ3v) is 4.10. The molecule has 2 heterocycles. The molecule has 0 fully saturated rings. The lowest BCUT2D eigenvalue weighted by Gasteiger charge is -2.00. The van der Waals surface area contributed by atoms with Crippen LogP contribution in [0.3, 0.4) is 0 Å². The summed E-state index contributed by atoms with van der Waals surface area (Å²) in [6.45, 7) is 0. The third-order valence-electron chi connectivity index (χ3n) is 2.34. The molecule has 0 radical (unpaired) electrons. The van der Waals surface area contributed by atoms with Crippen LogP contribution in [0.1, 0.15) is 0 Å². The van der Waals surface area contributed by atoms with Crippen molar-refractivity contribution >= 4 is 44.8 Å². The lowest BCUT2D eigenvalue weighted by molar-refractivity contribution is 0.802. The van der Waals surface area contributed by atoms with Gasteiger partial charge in [0.05, 0.1) is 21.4 Å². The summed E-state index contributed by atoms with van der Waals surface area (Å²) in [4.78, 5) is 16.2. The Balaban J connectivity index is 2.26. The number of fused-ring (bicyclic) bond motifs is 1. The van der Waals surface area contributed by atoms with Gasteiger partial charge < -0.3 is 0 Å². The Morgan fingerprint density at radius 3 is 2.78 bits per heavy atom. The van der Waals surface area contributed by atoms with Crippen LogP contribution in [0.25, 0.3) is 15.3 Å². The zero-order chi connectivity index (χ0) is 12.7. The predicted octanol–water partition coefficient (Wildman–Crippen LogP) is 3.15. The van der Waals surface area contributed by atoms with Crippen molar-refractivity contribution in [1.29, 1.82) is 0 Å². The van der Waals surface area contributed by atoms with E-state index in [1.54, 1.807) is 0 Å². The molecule has 0 spiro atoms. The summed E-state index contributed by atoms with van der Waals surface area (Å²) in [6, 6.07) is 7.60. The molecular formula is C11H5Cl2N3OS. The summed E-state index contributed by atoms with van der Waals surface area (Å²) >= 11 is 12.9. The van der Waals surface area contributed by atoms with E-state index in [4.69, 9.17) is 23.2 Å². The molecule has 4 nitrogen and oxygen atoms in total. The number of halogens is 2. The molecule has 2 aromatic heterocycles. The van der Waals surface area contributed by atoms with Gasteiger partial charge in [0.15, 0.2) is 0 Å². The highest BCUT2D eigenvalue weighted by Crippen LogP contribution is 2.24. The van der Waals surface area contributed by atoms with Gasteiger partial charge in [-0.2, -0.15) is 9.78 Å². The number of hydrogen-bond donors (Lipinski definition) is 0. The molecule has 7 heteroatoms. The summed E-state index contributed by atoms with van der Waals surface area (Å²) in [5.41, 5.74) is 0.348. The van der Waals surface area contributed by atoms with Crippen LogP contribution >= 0.6 is 34.5 Å². The number of para-hydroxylation sites is 1. The Kier molecular flexibility index (Phi) is 2.81. The van der Waals surface area contributed by atoms with Crippen molar-refractivity contribution < 1.29 is 0 Å². The number of hydrogen-bond acceptors (Lipinski definition) is 4. The average Bonchev–Trinajstić information content (AvgIpc) is 2.79. The molecule has 0 saturated heterocycles. The second-order valence-corrected chi connectivity index (χ2v) is 5.28. The van der Waals surface area contributed by atoms with Crippen LogP contribution in [0.15, 0.2) is 35.3 Å². The number of rotatable bonds is 1. The predicted molar refractivity (Wildman–Crippen MR) is 73.0 cm³/mol. The standard InChI is InChI=1S/C11H5Cl2N3OS/c12-6-5-14-16(10(17)9(6)13)11-15-7-3-1-2-4-8(7)18-11/h1-5H. The molecule has 0 aliphatic heterocycles. The van der Waals surface area contributed by atoms with Gasteiger partial charge >= 0.3 is 0 Å².